The molecule has 0 fully saturated rings. The van der Waals surface area contributed by atoms with Crippen LogP contribution in [-0.4, -0.2) is 34.8 Å². The Morgan fingerprint density at radius 2 is 2.00 bits per heavy atom. The highest BCUT2D eigenvalue weighted by Crippen LogP contribution is 2.28. The van der Waals surface area contributed by atoms with Gasteiger partial charge in [-0.05, 0) is 25.0 Å². The van der Waals surface area contributed by atoms with Gasteiger partial charge in [0, 0.05) is 23.7 Å². The van der Waals surface area contributed by atoms with Crippen LogP contribution in [0.25, 0.3) is 0 Å². The number of Topliss-reactive ketones (excluding diaryl/α,β-unsaturated/α-hetero) is 1. The van der Waals surface area contributed by atoms with Crippen LogP contribution in [0.4, 0.5) is 0 Å². The number of primary amides is 1. The van der Waals surface area contributed by atoms with Crippen LogP contribution in [0.2, 0.25) is 5.02 Å². The van der Waals surface area contributed by atoms with Gasteiger partial charge in [-0.25, -0.2) is 0 Å². The number of nitrogens with zero attached hydrogens (tertiary/aromatic N) is 1. The Bertz CT molecular complexity index is 544. The molecule has 1 aromatic rings. The number of phenols is 1. The van der Waals surface area contributed by atoms with Crippen LogP contribution in [0, 0.1) is 5.92 Å². The summed E-state index contributed by atoms with van der Waals surface area (Å²) in [6.07, 6.45) is 0. The van der Waals surface area contributed by atoms with Crippen molar-refractivity contribution in [2.45, 2.75) is 27.3 Å². The molecule has 0 unspecified atom stereocenters. The van der Waals surface area contributed by atoms with E-state index in [9.17, 15) is 14.7 Å². The Labute approximate surface area is 129 Å². The van der Waals surface area contributed by atoms with Crippen molar-refractivity contribution in [3.8, 4) is 5.75 Å². The molecule has 0 aliphatic rings. The van der Waals surface area contributed by atoms with Gasteiger partial charge in [-0.3, -0.25) is 14.5 Å². The lowest BCUT2D eigenvalue weighted by Crippen LogP contribution is -2.35. The van der Waals surface area contributed by atoms with Gasteiger partial charge in [-0.2, -0.15) is 0 Å². The SMILES string of the molecule is CC(=O)c1cc(Cl)cc(CN(CC(N)=O)CC(C)C)c1O. The lowest BCUT2D eigenvalue weighted by molar-refractivity contribution is -0.119. The minimum absolute atomic E-state index is 0.0829. The molecule has 1 aromatic carbocycles. The van der Waals surface area contributed by atoms with Crippen LogP contribution in [0.15, 0.2) is 12.1 Å². The summed E-state index contributed by atoms with van der Waals surface area (Å²) in [6, 6.07) is 3.03. The first-order valence-electron chi connectivity index (χ1n) is 6.73. The molecule has 1 rings (SSSR count). The number of phenolic OH excluding ortho intramolecular Hbond substituents is 1. The monoisotopic (exact) mass is 312 g/mol. The van der Waals surface area contributed by atoms with Crippen molar-refractivity contribution >= 4 is 23.3 Å². The van der Waals surface area contributed by atoms with Gasteiger partial charge < -0.3 is 10.8 Å². The van der Waals surface area contributed by atoms with Crippen LogP contribution in [-0.2, 0) is 11.3 Å². The molecule has 0 atom stereocenters. The fourth-order valence-electron chi connectivity index (χ4n) is 2.21. The van der Waals surface area contributed by atoms with Crippen molar-refractivity contribution < 1.29 is 14.7 Å². The largest absolute Gasteiger partial charge is 0.507 e. The molecule has 21 heavy (non-hydrogen) atoms. The zero-order valence-corrected chi connectivity index (χ0v) is 13.3. The molecule has 0 aliphatic heterocycles. The second-order valence-electron chi connectivity index (χ2n) is 5.55. The van der Waals surface area contributed by atoms with E-state index in [2.05, 4.69) is 0 Å². The topological polar surface area (TPSA) is 83.6 Å². The van der Waals surface area contributed by atoms with Gasteiger partial charge in [0.05, 0.1) is 12.1 Å². The average molecular weight is 313 g/mol. The number of amides is 1. The summed E-state index contributed by atoms with van der Waals surface area (Å²) in [5.41, 5.74) is 5.94. The van der Waals surface area contributed by atoms with Crippen LogP contribution in [0.5, 0.6) is 5.75 Å². The van der Waals surface area contributed by atoms with E-state index in [1.165, 1.54) is 13.0 Å². The maximum Gasteiger partial charge on any atom is 0.231 e. The Morgan fingerprint density at radius 3 is 2.48 bits per heavy atom. The molecule has 0 aromatic heterocycles. The number of carbonyl (C=O) groups excluding carboxylic acids is 2. The molecule has 0 aliphatic carbocycles. The number of ketones is 1. The molecule has 1 amide bonds. The highest BCUT2D eigenvalue weighted by molar-refractivity contribution is 6.31. The number of benzene rings is 1. The first kappa shape index (κ1) is 17.5. The van der Waals surface area contributed by atoms with E-state index in [0.29, 0.717) is 29.6 Å². The molecule has 116 valence electrons. The molecule has 6 heteroatoms. The Morgan fingerprint density at radius 1 is 1.38 bits per heavy atom. The quantitative estimate of drug-likeness (QED) is 0.756. The summed E-state index contributed by atoms with van der Waals surface area (Å²) >= 11 is 5.99. The summed E-state index contributed by atoms with van der Waals surface area (Å²) in [5, 5.41) is 10.6. The normalized spacial score (nSPS) is 11.1. The molecule has 0 radical (unpaired) electrons. The zero-order chi connectivity index (χ0) is 16.2. The maximum absolute atomic E-state index is 11.5. The molecule has 0 spiro atoms. The van der Waals surface area contributed by atoms with Crippen LogP contribution in [0.3, 0.4) is 0 Å². The molecule has 0 saturated heterocycles. The van der Waals surface area contributed by atoms with Gasteiger partial charge in [0.1, 0.15) is 5.75 Å². The van der Waals surface area contributed by atoms with Crippen LogP contribution in [0.1, 0.15) is 36.7 Å². The van der Waals surface area contributed by atoms with Crippen LogP contribution >= 0.6 is 11.6 Å². The van der Waals surface area contributed by atoms with Crippen LogP contribution < -0.4 is 5.73 Å². The zero-order valence-electron chi connectivity index (χ0n) is 12.5. The lowest BCUT2D eigenvalue weighted by atomic mass is 10.0. The third kappa shape index (κ3) is 5.36. The summed E-state index contributed by atoms with van der Waals surface area (Å²) in [7, 11) is 0. The van der Waals surface area contributed by atoms with Crippen molar-refractivity contribution in [2.24, 2.45) is 11.7 Å². The number of rotatable bonds is 7. The fraction of sp³-hybridized carbons (Fsp3) is 0.467. The van der Waals surface area contributed by atoms with Gasteiger partial charge in [-0.1, -0.05) is 25.4 Å². The first-order valence-corrected chi connectivity index (χ1v) is 7.11. The number of carbonyl (C=O) groups is 2. The van der Waals surface area contributed by atoms with Gasteiger partial charge in [-0.15, -0.1) is 0 Å². The number of halogens is 1. The predicted molar refractivity (Wildman–Crippen MR) is 82.4 cm³/mol. The molecular weight excluding hydrogens is 292 g/mol. The van der Waals surface area contributed by atoms with Crippen molar-refractivity contribution in [3.05, 3.63) is 28.3 Å². The third-order valence-corrected chi connectivity index (χ3v) is 3.15. The highest BCUT2D eigenvalue weighted by Gasteiger charge is 2.17. The van der Waals surface area contributed by atoms with E-state index in [1.807, 2.05) is 18.7 Å². The summed E-state index contributed by atoms with van der Waals surface area (Å²) in [4.78, 5) is 24.5. The lowest BCUT2D eigenvalue weighted by Gasteiger charge is -2.23. The van der Waals surface area contributed by atoms with E-state index >= 15 is 0 Å². The first-order chi connectivity index (χ1) is 9.70. The van der Waals surface area contributed by atoms with E-state index in [4.69, 9.17) is 17.3 Å². The Balaban J connectivity index is 3.07. The second-order valence-corrected chi connectivity index (χ2v) is 5.98. The maximum atomic E-state index is 11.5. The van der Waals surface area contributed by atoms with Gasteiger partial charge in [0.25, 0.3) is 0 Å². The Kier molecular flexibility index (Phi) is 6.18. The van der Waals surface area contributed by atoms with Gasteiger partial charge in [0.15, 0.2) is 5.78 Å². The van der Waals surface area contributed by atoms with Gasteiger partial charge in [0.2, 0.25) is 5.91 Å². The predicted octanol–water partition coefficient (Wildman–Crippen LogP) is 2.19. The number of aromatic hydroxyl groups is 1. The standard InChI is InChI=1S/C15H21ClN2O3/c1-9(2)6-18(8-14(17)20)7-11-4-12(16)5-13(10(3)19)15(11)21/h4-5,9,21H,6-8H2,1-3H3,(H2,17,20). The average Bonchev–Trinajstić information content (AvgIpc) is 2.31. The number of hydrogen-bond acceptors (Lipinski definition) is 4. The fourth-order valence-corrected chi connectivity index (χ4v) is 2.45. The van der Waals surface area contributed by atoms with Crippen molar-refractivity contribution in [1.29, 1.82) is 0 Å². The summed E-state index contributed by atoms with van der Waals surface area (Å²) in [5.74, 6) is -0.464. The van der Waals surface area contributed by atoms with E-state index in [-0.39, 0.29) is 23.6 Å². The van der Waals surface area contributed by atoms with Crippen molar-refractivity contribution in [2.75, 3.05) is 13.1 Å². The molecule has 0 heterocycles. The molecule has 0 bridgehead atoms. The van der Waals surface area contributed by atoms with Crippen molar-refractivity contribution in [1.82, 2.24) is 4.90 Å². The van der Waals surface area contributed by atoms with E-state index in [0.717, 1.165) is 0 Å². The summed E-state index contributed by atoms with van der Waals surface area (Å²) in [6.45, 7) is 6.43. The minimum atomic E-state index is -0.441. The molecule has 0 saturated carbocycles. The summed E-state index contributed by atoms with van der Waals surface area (Å²) < 4.78 is 0. The molecular formula is C15H21ClN2O3. The molecule has 3 N–H and O–H groups in total. The number of hydrogen-bond donors (Lipinski definition) is 2. The highest BCUT2D eigenvalue weighted by atomic mass is 35.5. The van der Waals surface area contributed by atoms with E-state index < -0.39 is 5.91 Å². The van der Waals surface area contributed by atoms with Crippen molar-refractivity contribution in [3.63, 3.8) is 0 Å². The third-order valence-electron chi connectivity index (χ3n) is 2.93. The molecule has 5 nitrogen and oxygen atoms in total. The van der Waals surface area contributed by atoms with E-state index in [1.54, 1.807) is 6.07 Å². The van der Waals surface area contributed by atoms with Gasteiger partial charge >= 0.3 is 0 Å². The second kappa shape index (κ2) is 7.43. The minimum Gasteiger partial charge on any atom is -0.507 e. The smallest absolute Gasteiger partial charge is 0.231 e. The Hall–Kier alpha value is -1.59. The number of nitrogens with two attached hydrogens (primary N) is 1.